The average molecular weight is 489 g/mol. The Morgan fingerprint density at radius 1 is 0.889 bits per heavy atom. The van der Waals surface area contributed by atoms with Gasteiger partial charge >= 0.3 is 0 Å². The second-order valence-corrected chi connectivity index (χ2v) is 9.34. The Morgan fingerprint density at radius 2 is 1.69 bits per heavy atom. The lowest BCUT2D eigenvalue weighted by Gasteiger charge is -2.35. The normalized spacial score (nSPS) is 15.1. The van der Waals surface area contributed by atoms with Crippen molar-refractivity contribution in [1.29, 1.82) is 0 Å². The Balaban J connectivity index is 1.20. The highest BCUT2D eigenvalue weighted by Gasteiger charge is 2.24. The molecule has 1 amide bonds. The van der Waals surface area contributed by atoms with Gasteiger partial charge in [0, 0.05) is 43.9 Å². The highest BCUT2D eigenvalue weighted by atomic mass is 16.7. The summed E-state index contributed by atoms with van der Waals surface area (Å²) in [6, 6.07) is 17.8. The quantitative estimate of drug-likeness (QED) is 0.485. The molecule has 2 heterocycles. The number of methoxy groups -OCH3 is 1. The van der Waals surface area contributed by atoms with Gasteiger partial charge < -0.3 is 23.8 Å². The summed E-state index contributed by atoms with van der Waals surface area (Å²) in [4.78, 5) is 17.6. The zero-order valence-corrected chi connectivity index (χ0v) is 21.1. The van der Waals surface area contributed by atoms with E-state index in [1.165, 1.54) is 5.56 Å². The van der Waals surface area contributed by atoms with Crippen LogP contribution in [0.3, 0.4) is 0 Å². The molecule has 7 heteroatoms. The zero-order chi connectivity index (χ0) is 25.1. The molecule has 1 fully saturated rings. The Morgan fingerprint density at radius 3 is 2.50 bits per heavy atom. The Kier molecular flexibility index (Phi) is 7.00. The van der Waals surface area contributed by atoms with Crippen molar-refractivity contribution in [3.63, 3.8) is 0 Å². The van der Waals surface area contributed by atoms with E-state index in [0.29, 0.717) is 31.0 Å². The topological polar surface area (TPSA) is 60.5 Å². The predicted octanol–water partition coefficient (Wildman–Crippen LogP) is 4.58. The first kappa shape index (κ1) is 24.0. The summed E-state index contributed by atoms with van der Waals surface area (Å²) in [6.07, 6.45) is 0. The number of amides is 1. The van der Waals surface area contributed by atoms with Crippen molar-refractivity contribution in [2.45, 2.75) is 27.0 Å². The smallest absolute Gasteiger partial charge is 0.253 e. The molecule has 2 aliphatic heterocycles. The van der Waals surface area contributed by atoms with Crippen LogP contribution in [-0.2, 0) is 13.2 Å². The van der Waals surface area contributed by atoms with E-state index in [4.69, 9.17) is 18.9 Å². The molecule has 0 radical (unpaired) electrons. The second kappa shape index (κ2) is 10.5. The maximum atomic E-state index is 13.3. The third-order valence-corrected chi connectivity index (χ3v) is 6.76. The van der Waals surface area contributed by atoms with Gasteiger partial charge in [0.1, 0.15) is 18.1 Å². The summed E-state index contributed by atoms with van der Waals surface area (Å²) in [5, 5.41) is 0. The molecule has 7 nitrogen and oxygen atoms in total. The molecule has 0 atom stereocenters. The number of carbonyl (C=O) groups excluding carboxylic acids is 1. The van der Waals surface area contributed by atoms with Crippen molar-refractivity contribution in [2.75, 3.05) is 40.1 Å². The van der Waals surface area contributed by atoms with Gasteiger partial charge in [-0.1, -0.05) is 18.2 Å². The lowest BCUT2D eigenvalue weighted by molar-refractivity contribution is 0.0628. The first-order chi connectivity index (χ1) is 17.5. The number of carbonyl (C=O) groups is 1. The van der Waals surface area contributed by atoms with Crippen LogP contribution in [-0.4, -0.2) is 55.8 Å². The second-order valence-electron chi connectivity index (χ2n) is 9.34. The standard InChI is InChI=1S/C29H32N2O5/c1-20-4-5-21(2)27(14-20)34-18-24-16-23(7-9-25(24)33-3)29(32)31-12-10-30(11-13-31)17-22-6-8-26-28(15-22)36-19-35-26/h4-9,14-16H,10-13,17-19H2,1-3H3. The predicted molar refractivity (Wildman–Crippen MR) is 137 cm³/mol. The number of ether oxygens (including phenoxy) is 4. The molecule has 2 aliphatic rings. The molecular weight excluding hydrogens is 456 g/mol. The zero-order valence-electron chi connectivity index (χ0n) is 21.1. The van der Waals surface area contributed by atoms with Gasteiger partial charge in [0.05, 0.1) is 7.11 Å². The Labute approximate surface area is 212 Å². The summed E-state index contributed by atoms with van der Waals surface area (Å²) in [5.74, 6) is 3.19. The maximum Gasteiger partial charge on any atom is 0.253 e. The van der Waals surface area contributed by atoms with Crippen LogP contribution in [0.5, 0.6) is 23.0 Å². The van der Waals surface area contributed by atoms with Crippen LogP contribution in [0.25, 0.3) is 0 Å². The monoisotopic (exact) mass is 488 g/mol. The highest BCUT2D eigenvalue weighted by Crippen LogP contribution is 2.33. The highest BCUT2D eigenvalue weighted by molar-refractivity contribution is 5.94. The van der Waals surface area contributed by atoms with Crippen LogP contribution < -0.4 is 18.9 Å². The number of benzene rings is 3. The number of hydrogen-bond donors (Lipinski definition) is 0. The van der Waals surface area contributed by atoms with E-state index in [9.17, 15) is 4.79 Å². The summed E-state index contributed by atoms with van der Waals surface area (Å²) < 4.78 is 22.5. The van der Waals surface area contributed by atoms with Crippen LogP contribution in [0.15, 0.2) is 54.6 Å². The van der Waals surface area contributed by atoms with Crippen molar-refractivity contribution in [1.82, 2.24) is 9.80 Å². The van der Waals surface area contributed by atoms with Crippen molar-refractivity contribution < 1.29 is 23.7 Å². The fourth-order valence-corrected chi connectivity index (χ4v) is 4.63. The third kappa shape index (κ3) is 5.26. The average Bonchev–Trinajstić information content (AvgIpc) is 3.37. The summed E-state index contributed by atoms with van der Waals surface area (Å²) in [7, 11) is 1.64. The van der Waals surface area contributed by atoms with Gasteiger partial charge in [0.25, 0.3) is 5.91 Å². The van der Waals surface area contributed by atoms with E-state index in [2.05, 4.69) is 17.0 Å². The fraction of sp³-hybridized carbons (Fsp3) is 0.345. The molecule has 0 unspecified atom stereocenters. The van der Waals surface area contributed by atoms with E-state index in [0.717, 1.165) is 53.6 Å². The van der Waals surface area contributed by atoms with Gasteiger partial charge in [-0.3, -0.25) is 9.69 Å². The minimum atomic E-state index is 0.0355. The van der Waals surface area contributed by atoms with E-state index < -0.39 is 0 Å². The lowest BCUT2D eigenvalue weighted by Crippen LogP contribution is -2.48. The van der Waals surface area contributed by atoms with Gasteiger partial charge in [-0.15, -0.1) is 0 Å². The van der Waals surface area contributed by atoms with E-state index >= 15 is 0 Å². The molecule has 0 N–H and O–H groups in total. The van der Waals surface area contributed by atoms with Crippen LogP contribution in [0.4, 0.5) is 0 Å². The third-order valence-electron chi connectivity index (χ3n) is 6.76. The van der Waals surface area contributed by atoms with Crippen molar-refractivity contribution in [3.8, 4) is 23.0 Å². The van der Waals surface area contributed by atoms with Crippen LogP contribution in [0.1, 0.15) is 32.6 Å². The molecule has 0 aliphatic carbocycles. The summed E-state index contributed by atoms with van der Waals surface area (Å²) in [6.45, 7) is 8.51. The van der Waals surface area contributed by atoms with Crippen LogP contribution in [0, 0.1) is 13.8 Å². The van der Waals surface area contributed by atoms with Gasteiger partial charge in [-0.05, 0) is 66.9 Å². The number of nitrogens with zero attached hydrogens (tertiary/aromatic N) is 2. The van der Waals surface area contributed by atoms with Crippen LogP contribution in [0.2, 0.25) is 0 Å². The molecule has 36 heavy (non-hydrogen) atoms. The Hall–Kier alpha value is -3.71. The van der Waals surface area contributed by atoms with Gasteiger partial charge in [0.15, 0.2) is 11.5 Å². The lowest BCUT2D eigenvalue weighted by atomic mass is 10.1. The molecule has 3 aromatic carbocycles. The molecule has 188 valence electrons. The number of piperazine rings is 1. The SMILES string of the molecule is COc1ccc(C(=O)N2CCN(Cc3ccc4c(c3)OCO4)CC2)cc1COc1cc(C)ccc1C. The molecule has 0 saturated carbocycles. The largest absolute Gasteiger partial charge is 0.496 e. The number of hydrogen-bond acceptors (Lipinski definition) is 6. The minimum absolute atomic E-state index is 0.0355. The summed E-state index contributed by atoms with van der Waals surface area (Å²) in [5.41, 5.74) is 4.91. The Bertz CT molecular complexity index is 1250. The first-order valence-electron chi connectivity index (χ1n) is 12.3. The van der Waals surface area contributed by atoms with E-state index in [1.54, 1.807) is 7.11 Å². The number of aryl methyl sites for hydroxylation is 2. The number of fused-ring (bicyclic) bond motifs is 1. The number of rotatable bonds is 7. The molecule has 0 spiro atoms. The van der Waals surface area contributed by atoms with Gasteiger partial charge in [-0.25, -0.2) is 0 Å². The molecule has 1 saturated heterocycles. The molecule has 3 aromatic rings. The van der Waals surface area contributed by atoms with Crippen molar-refractivity contribution >= 4 is 5.91 Å². The minimum Gasteiger partial charge on any atom is -0.496 e. The first-order valence-corrected chi connectivity index (χ1v) is 12.3. The molecule has 0 aromatic heterocycles. The van der Waals surface area contributed by atoms with Crippen molar-refractivity contribution in [3.05, 3.63) is 82.4 Å². The van der Waals surface area contributed by atoms with Crippen molar-refractivity contribution in [2.24, 2.45) is 0 Å². The molecule has 5 rings (SSSR count). The molecule has 0 bridgehead atoms. The fourth-order valence-electron chi connectivity index (χ4n) is 4.63. The van der Waals surface area contributed by atoms with E-state index in [-0.39, 0.29) is 12.7 Å². The maximum absolute atomic E-state index is 13.3. The molecular formula is C29H32N2O5. The van der Waals surface area contributed by atoms with Gasteiger partial charge in [0.2, 0.25) is 6.79 Å². The summed E-state index contributed by atoms with van der Waals surface area (Å²) >= 11 is 0. The van der Waals surface area contributed by atoms with E-state index in [1.807, 2.05) is 61.2 Å². The van der Waals surface area contributed by atoms with Crippen LogP contribution >= 0.6 is 0 Å². The van der Waals surface area contributed by atoms with Gasteiger partial charge in [-0.2, -0.15) is 0 Å².